The highest BCUT2D eigenvalue weighted by atomic mass is 35.5. The maximum Gasteiger partial charge on any atom is 0.158 e. The van der Waals surface area contributed by atoms with E-state index in [-0.39, 0.29) is 42.9 Å². The molecule has 1 aliphatic carbocycles. The number of aliphatic hydroxyl groups is 1. The zero-order chi connectivity index (χ0) is 24.0. The predicted molar refractivity (Wildman–Crippen MR) is 127 cm³/mol. The first-order valence-corrected chi connectivity index (χ1v) is 13.4. The molecule has 4 fully saturated rings. The lowest BCUT2D eigenvalue weighted by Gasteiger charge is -2.32. The van der Waals surface area contributed by atoms with Crippen LogP contribution in [0.3, 0.4) is 0 Å². The highest BCUT2D eigenvalue weighted by Gasteiger charge is 2.51. The Balaban J connectivity index is 1.22. The van der Waals surface area contributed by atoms with E-state index in [4.69, 9.17) is 44.8 Å². The summed E-state index contributed by atoms with van der Waals surface area (Å²) < 4.78 is 42.5. The fraction of sp³-hybridized carbons (Fsp3) is 0.769. The molecule has 8 nitrogen and oxygen atoms in total. The third-order valence-corrected chi connectivity index (χ3v) is 7.46. The molecule has 1 N–H and O–H groups in total. The molecule has 3 heterocycles. The number of hydrogen-bond donors (Lipinski definition) is 1. The van der Waals surface area contributed by atoms with Crippen LogP contribution in [0.5, 0.6) is 5.75 Å². The molecule has 35 heavy (non-hydrogen) atoms. The van der Waals surface area contributed by atoms with Gasteiger partial charge in [0.15, 0.2) is 18.9 Å². The summed E-state index contributed by atoms with van der Waals surface area (Å²) in [7, 11) is 0. The van der Waals surface area contributed by atoms with Gasteiger partial charge < -0.3 is 38.3 Å². The zero-order valence-electron chi connectivity index (χ0n) is 20.1. The van der Waals surface area contributed by atoms with E-state index in [0.717, 1.165) is 50.9 Å². The molecule has 0 amide bonds. The molecule has 1 saturated carbocycles. The number of halogens is 1. The summed E-state index contributed by atoms with van der Waals surface area (Å²) in [6, 6.07) is 7.27. The van der Waals surface area contributed by atoms with Crippen molar-refractivity contribution in [3.8, 4) is 5.75 Å². The largest absolute Gasteiger partial charge is 0.491 e. The molecule has 1 aromatic carbocycles. The van der Waals surface area contributed by atoms with Gasteiger partial charge in [0, 0.05) is 37.0 Å². The van der Waals surface area contributed by atoms with Crippen molar-refractivity contribution in [3.63, 3.8) is 0 Å². The Morgan fingerprint density at radius 1 is 0.943 bits per heavy atom. The van der Waals surface area contributed by atoms with E-state index in [0.29, 0.717) is 37.7 Å². The van der Waals surface area contributed by atoms with E-state index in [1.807, 2.05) is 12.1 Å². The van der Waals surface area contributed by atoms with Crippen LogP contribution in [0.25, 0.3) is 0 Å². The van der Waals surface area contributed by atoms with Crippen LogP contribution in [-0.4, -0.2) is 74.8 Å². The Hall–Kier alpha value is -0.970. The van der Waals surface area contributed by atoms with E-state index in [1.165, 1.54) is 0 Å². The van der Waals surface area contributed by atoms with Crippen molar-refractivity contribution in [2.24, 2.45) is 5.92 Å². The zero-order valence-corrected chi connectivity index (χ0v) is 20.9. The highest BCUT2D eigenvalue weighted by Crippen LogP contribution is 2.42. The number of ether oxygens (including phenoxy) is 7. The second-order valence-corrected chi connectivity index (χ2v) is 10.3. The normalized spacial score (nSPS) is 36.1. The molecule has 3 aliphatic heterocycles. The van der Waals surface area contributed by atoms with E-state index in [2.05, 4.69) is 0 Å². The van der Waals surface area contributed by atoms with Crippen LogP contribution in [-0.2, 0) is 28.4 Å². The third kappa shape index (κ3) is 7.08. The second-order valence-electron chi connectivity index (χ2n) is 9.85. The molecule has 196 valence electrons. The number of benzene rings is 1. The van der Waals surface area contributed by atoms with Gasteiger partial charge in [0.05, 0.1) is 24.9 Å². The van der Waals surface area contributed by atoms with Crippen molar-refractivity contribution in [2.45, 2.75) is 94.7 Å². The highest BCUT2D eigenvalue weighted by molar-refractivity contribution is 6.30. The van der Waals surface area contributed by atoms with Crippen LogP contribution in [0.2, 0.25) is 5.02 Å². The minimum atomic E-state index is -0.751. The Morgan fingerprint density at radius 3 is 2.40 bits per heavy atom. The Bertz CT molecular complexity index is 767. The molecule has 1 aromatic rings. The summed E-state index contributed by atoms with van der Waals surface area (Å²) in [6.45, 7) is 2.07. The summed E-state index contributed by atoms with van der Waals surface area (Å²) >= 11 is 6.00. The maximum absolute atomic E-state index is 10.1. The van der Waals surface area contributed by atoms with Gasteiger partial charge in [0.25, 0.3) is 0 Å². The van der Waals surface area contributed by atoms with E-state index >= 15 is 0 Å². The quantitative estimate of drug-likeness (QED) is 0.502. The molecule has 5 rings (SSSR count). The summed E-state index contributed by atoms with van der Waals surface area (Å²) in [5.41, 5.74) is 0. The van der Waals surface area contributed by atoms with Gasteiger partial charge in [-0.15, -0.1) is 0 Å². The van der Waals surface area contributed by atoms with Crippen molar-refractivity contribution in [3.05, 3.63) is 29.3 Å². The van der Waals surface area contributed by atoms with Gasteiger partial charge in [-0.25, -0.2) is 0 Å². The SMILES string of the molecule is OC1C[C@H]2[C@H](OCC(COc3ccc(Cl)cc3)OC3CCCCO3)[C@@H](OC3CCCCO3)C[C@H]2O1. The number of fused-ring (bicyclic) bond motifs is 1. The number of aliphatic hydroxyl groups excluding tert-OH is 1. The van der Waals surface area contributed by atoms with Crippen molar-refractivity contribution in [2.75, 3.05) is 26.4 Å². The van der Waals surface area contributed by atoms with E-state index in [9.17, 15) is 5.11 Å². The van der Waals surface area contributed by atoms with E-state index < -0.39 is 6.29 Å². The smallest absolute Gasteiger partial charge is 0.158 e. The van der Waals surface area contributed by atoms with E-state index in [1.54, 1.807) is 12.1 Å². The topological polar surface area (TPSA) is 84.8 Å². The first kappa shape index (κ1) is 25.7. The first-order valence-electron chi connectivity index (χ1n) is 13.0. The average molecular weight is 513 g/mol. The van der Waals surface area contributed by atoms with Crippen molar-refractivity contribution >= 4 is 11.6 Å². The standard InChI is InChI=1S/C26H37ClO8/c27-17-7-9-18(10-8-17)31-15-19(33-24-5-1-3-11-29-24)16-32-26-20-13-23(28)34-21(20)14-22(26)35-25-6-2-4-12-30-25/h7-10,19-26,28H,1-6,11-16H2/t19?,20-,21-,22+,23?,24?,25?,26+/m1/s1. The van der Waals surface area contributed by atoms with Crippen molar-refractivity contribution in [1.82, 2.24) is 0 Å². The lowest BCUT2D eigenvalue weighted by Crippen LogP contribution is -2.40. The maximum atomic E-state index is 10.1. The minimum Gasteiger partial charge on any atom is -0.491 e. The molecule has 4 aliphatic rings. The second kappa shape index (κ2) is 12.5. The summed E-state index contributed by atoms with van der Waals surface area (Å²) in [4.78, 5) is 0. The molecule has 3 saturated heterocycles. The predicted octanol–water partition coefficient (Wildman–Crippen LogP) is 4.05. The van der Waals surface area contributed by atoms with Crippen LogP contribution in [0.4, 0.5) is 0 Å². The fourth-order valence-electron chi connectivity index (χ4n) is 5.43. The molecule has 0 radical (unpaired) electrons. The molecule has 4 unspecified atom stereocenters. The van der Waals surface area contributed by atoms with Crippen LogP contribution in [0, 0.1) is 5.92 Å². The van der Waals surface area contributed by atoms with Gasteiger partial charge in [-0.1, -0.05) is 11.6 Å². The van der Waals surface area contributed by atoms with Gasteiger partial charge >= 0.3 is 0 Å². The first-order chi connectivity index (χ1) is 17.1. The molecular weight excluding hydrogens is 476 g/mol. The Morgan fingerprint density at radius 2 is 1.69 bits per heavy atom. The van der Waals surface area contributed by atoms with Gasteiger partial charge in [-0.3, -0.25) is 0 Å². The summed E-state index contributed by atoms with van der Waals surface area (Å²) in [5.74, 6) is 0.791. The van der Waals surface area contributed by atoms with Gasteiger partial charge in [-0.05, 0) is 62.8 Å². The van der Waals surface area contributed by atoms with Crippen LogP contribution in [0.15, 0.2) is 24.3 Å². The molecule has 0 spiro atoms. The van der Waals surface area contributed by atoms with Gasteiger partial charge in [0.1, 0.15) is 18.5 Å². The number of rotatable bonds is 10. The average Bonchev–Trinajstić information content (AvgIpc) is 3.38. The van der Waals surface area contributed by atoms with Crippen LogP contribution in [0.1, 0.15) is 51.4 Å². The van der Waals surface area contributed by atoms with Crippen LogP contribution < -0.4 is 4.74 Å². The number of hydrogen-bond acceptors (Lipinski definition) is 8. The third-order valence-electron chi connectivity index (χ3n) is 7.21. The molecule has 8 atom stereocenters. The van der Waals surface area contributed by atoms with Crippen LogP contribution >= 0.6 is 11.6 Å². The lowest BCUT2D eigenvalue weighted by atomic mass is 10.0. The molecular formula is C26H37ClO8. The molecule has 9 heteroatoms. The molecule has 0 aromatic heterocycles. The van der Waals surface area contributed by atoms with Crippen molar-refractivity contribution < 1.29 is 38.3 Å². The van der Waals surface area contributed by atoms with Gasteiger partial charge in [0.2, 0.25) is 0 Å². The molecule has 0 bridgehead atoms. The summed E-state index contributed by atoms with van der Waals surface area (Å²) in [5, 5.41) is 10.7. The fourth-order valence-corrected chi connectivity index (χ4v) is 5.56. The lowest BCUT2D eigenvalue weighted by molar-refractivity contribution is -0.227. The van der Waals surface area contributed by atoms with Gasteiger partial charge in [-0.2, -0.15) is 0 Å². The Labute approximate surface area is 212 Å². The minimum absolute atomic E-state index is 0.0716. The summed E-state index contributed by atoms with van der Waals surface area (Å²) in [6.07, 6.45) is 5.29. The Kier molecular flexibility index (Phi) is 9.18. The monoisotopic (exact) mass is 512 g/mol. The van der Waals surface area contributed by atoms with Crippen molar-refractivity contribution in [1.29, 1.82) is 0 Å².